The van der Waals surface area contributed by atoms with Crippen LogP contribution in [0.1, 0.15) is 11.6 Å². The SMILES string of the molecule is NC(=O)C(N)c1ccc(O)cc1. The summed E-state index contributed by atoms with van der Waals surface area (Å²) < 4.78 is 0. The smallest absolute Gasteiger partial charge is 0.238 e. The summed E-state index contributed by atoms with van der Waals surface area (Å²) in [6.45, 7) is 0. The van der Waals surface area contributed by atoms with Crippen molar-refractivity contribution < 1.29 is 9.90 Å². The zero-order valence-electron chi connectivity index (χ0n) is 6.40. The van der Waals surface area contributed by atoms with Crippen molar-refractivity contribution in [3.8, 4) is 5.75 Å². The standard InChI is InChI=1S/C8H10N2O2/c9-7(8(10)12)5-1-3-6(11)4-2-5/h1-4,7,11H,9H2,(H2,10,12). The Hall–Kier alpha value is -1.55. The third-order valence-corrected chi connectivity index (χ3v) is 1.56. The minimum Gasteiger partial charge on any atom is -0.508 e. The van der Waals surface area contributed by atoms with E-state index in [9.17, 15) is 4.79 Å². The Bertz CT molecular complexity index is 282. The molecule has 0 saturated heterocycles. The van der Waals surface area contributed by atoms with Crippen molar-refractivity contribution in [3.63, 3.8) is 0 Å². The number of hydrogen-bond acceptors (Lipinski definition) is 3. The van der Waals surface area contributed by atoms with Crippen molar-refractivity contribution in [1.29, 1.82) is 0 Å². The summed E-state index contributed by atoms with van der Waals surface area (Å²) in [5.74, 6) is -0.448. The van der Waals surface area contributed by atoms with Crippen molar-refractivity contribution in [2.75, 3.05) is 0 Å². The minimum atomic E-state index is -0.800. The van der Waals surface area contributed by atoms with Crippen molar-refractivity contribution in [3.05, 3.63) is 29.8 Å². The molecule has 0 spiro atoms. The maximum atomic E-state index is 10.6. The number of nitrogens with two attached hydrogens (primary N) is 2. The van der Waals surface area contributed by atoms with Gasteiger partial charge < -0.3 is 16.6 Å². The number of rotatable bonds is 2. The Kier molecular flexibility index (Phi) is 2.30. The highest BCUT2D eigenvalue weighted by Crippen LogP contribution is 2.14. The highest BCUT2D eigenvalue weighted by Gasteiger charge is 2.10. The number of phenols is 1. The van der Waals surface area contributed by atoms with E-state index in [0.29, 0.717) is 5.56 Å². The molecular formula is C8H10N2O2. The molecule has 0 aliphatic rings. The van der Waals surface area contributed by atoms with Crippen LogP contribution in [-0.4, -0.2) is 11.0 Å². The molecule has 64 valence electrons. The van der Waals surface area contributed by atoms with Gasteiger partial charge in [-0.25, -0.2) is 0 Å². The fraction of sp³-hybridized carbons (Fsp3) is 0.125. The van der Waals surface area contributed by atoms with Crippen molar-refractivity contribution >= 4 is 5.91 Å². The van der Waals surface area contributed by atoms with Gasteiger partial charge in [0.1, 0.15) is 11.8 Å². The van der Waals surface area contributed by atoms with E-state index in [1.54, 1.807) is 12.1 Å². The van der Waals surface area contributed by atoms with Crippen LogP contribution < -0.4 is 11.5 Å². The molecule has 0 aliphatic carbocycles. The number of benzene rings is 1. The van der Waals surface area contributed by atoms with Crippen LogP contribution in [0.4, 0.5) is 0 Å². The highest BCUT2D eigenvalue weighted by atomic mass is 16.3. The Labute approximate surface area is 69.8 Å². The van der Waals surface area contributed by atoms with Crippen LogP contribution in [0.2, 0.25) is 0 Å². The molecule has 12 heavy (non-hydrogen) atoms. The monoisotopic (exact) mass is 166 g/mol. The molecule has 4 heteroatoms. The van der Waals surface area contributed by atoms with Gasteiger partial charge in [0.05, 0.1) is 0 Å². The number of carbonyl (C=O) groups excluding carboxylic acids is 1. The third kappa shape index (κ3) is 1.73. The average Bonchev–Trinajstić information content (AvgIpc) is 2.04. The Morgan fingerprint density at radius 1 is 1.33 bits per heavy atom. The summed E-state index contributed by atoms with van der Waals surface area (Å²) in [4.78, 5) is 10.6. The zero-order valence-corrected chi connectivity index (χ0v) is 6.40. The van der Waals surface area contributed by atoms with Gasteiger partial charge in [0.15, 0.2) is 0 Å². The van der Waals surface area contributed by atoms with E-state index in [1.165, 1.54) is 12.1 Å². The van der Waals surface area contributed by atoms with Gasteiger partial charge in [0, 0.05) is 0 Å². The molecular weight excluding hydrogens is 156 g/mol. The number of aromatic hydroxyl groups is 1. The van der Waals surface area contributed by atoms with E-state index in [2.05, 4.69) is 0 Å². The first-order valence-corrected chi connectivity index (χ1v) is 3.45. The number of hydrogen-bond donors (Lipinski definition) is 3. The molecule has 1 aromatic carbocycles. The maximum Gasteiger partial charge on any atom is 0.238 e. The van der Waals surface area contributed by atoms with Crippen LogP contribution >= 0.6 is 0 Å². The Balaban J connectivity index is 2.89. The van der Waals surface area contributed by atoms with Gasteiger partial charge in [0.25, 0.3) is 0 Å². The van der Waals surface area contributed by atoms with Crippen LogP contribution in [0.5, 0.6) is 5.75 Å². The first-order chi connectivity index (χ1) is 5.61. The highest BCUT2D eigenvalue weighted by molar-refractivity contribution is 5.81. The largest absolute Gasteiger partial charge is 0.508 e. The van der Waals surface area contributed by atoms with E-state index in [1.807, 2.05) is 0 Å². The Morgan fingerprint density at radius 3 is 2.25 bits per heavy atom. The van der Waals surface area contributed by atoms with E-state index in [4.69, 9.17) is 16.6 Å². The first-order valence-electron chi connectivity index (χ1n) is 3.45. The van der Waals surface area contributed by atoms with Gasteiger partial charge in [0.2, 0.25) is 5.91 Å². The average molecular weight is 166 g/mol. The molecule has 1 rings (SSSR count). The fourth-order valence-corrected chi connectivity index (χ4v) is 0.846. The van der Waals surface area contributed by atoms with E-state index < -0.39 is 11.9 Å². The van der Waals surface area contributed by atoms with Gasteiger partial charge in [-0.2, -0.15) is 0 Å². The maximum absolute atomic E-state index is 10.6. The van der Waals surface area contributed by atoms with E-state index >= 15 is 0 Å². The number of carbonyl (C=O) groups is 1. The lowest BCUT2D eigenvalue weighted by Crippen LogP contribution is -2.27. The molecule has 1 aromatic rings. The topological polar surface area (TPSA) is 89.3 Å². The summed E-state index contributed by atoms with van der Waals surface area (Å²) >= 11 is 0. The molecule has 5 N–H and O–H groups in total. The van der Waals surface area contributed by atoms with Crippen molar-refractivity contribution in [2.45, 2.75) is 6.04 Å². The van der Waals surface area contributed by atoms with Gasteiger partial charge in [-0.3, -0.25) is 4.79 Å². The molecule has 0 aromatic heterocycles. The van der Waals surface area contributed by atoms with Gasteiger partial charge in [-0.1, -0.05) is 12.1 Å². The fourth-order valence-electron chi connectivity index (χ4n) is 0.846. The molecule has 0 fully saturated rings. The lowest BCUT2D eigenvalue weighted by atomic mass is 10.1. The summed E-state index contributed by atoms with van der Waals surface area (Å²) in [7, 11) is 0. The van der Waals surface area contributed by atoms with Crippen LogP contribution in [0.25, 0.3) is 0 Å². The molecule has 4 nitrogen and oxygen atoms in total. The van der Waals surface area contributed by atoms with Crippen LogP contribution in [0.3, 0.4) is 0 Å². The normalized spacial score (nSPS) is 12.4. The quantitative estimate of drug-likeness (QED) is 0.572. The molecule has 1 amide bonds. The van der Waals surface area contributed by atoms with Gasteiger partial charge in [-0.15, -0.1) is 0 Å². The lowest BCUT2D eigenvalue weighted by molar-refractivity contribution is -0.119. The van der Waals surface area contributed by atoms with Crippen molar-refractivity contribution in [1.82, 2.24) is 0 Å². The molecule has 0 radical (unpaired) electrons. The number of phenolic OH excluding ortho intramolecular Hbond substituents is 1. The predicted molar refractivity (Wildman–Crippen MR) is 44.2 cm³/mol. The molecule has 0 saturated carbocycles. The zero-order chi connectivity index (χ0) is 9.14. The second-order valence-electron chi connectivity index (χ2n) is 2.47. The molecule has 0 aliphatic heterocycles. The lowest BCUT2D eigenvalue weighted by Gasteiger charge is -2.06. The van der Waals surface area contributed by atoms with E-state index in [-0.39, 0.29) is 5.75 Å². The Morgan fingerprint density at radius 2 is 1.83 bits per heavy atom. The number of amides is 1. The summed E-state index contributed by atoms with van der Waals surface area (Å²) in [5, 5.41) is 8.92. The second-order valence-corrected chi connectivity index (χ2v) is 2.47. The minimum absolute atomic E-state index is 0.135. The number of primary amides is 1. The molecule has 0 bridgehead atoms. The van der Waals surface area contributed by atoms with Crippen LogP contribution in [0.15, 0.2) is 24.3 Å². The molecule has 0 heterocycles. The third-order valence-electron chi connectivity index (χ3n) is 1.56. The van der Waals surface area contributed by atoms with E-state index in [0.717, 1.165) is 0 Å². The van der Waals surface area contributed by atoms with Crippen LogP contribution in [-0.2, 0) is 4.79 Å². The molecule has 1 unspecified atom stereocenters. The summed E-state index contributed by atoms with van der Waals surface area (Å²) in [5.41, 5.74) is 11.0. The molecule has 1 atom stereocenters. The van der Waals surface area contributed by atoms with Gasteiger partial charge in [-0.05, 0) is 17.7 Å². The van der Waals surface area contributed by atoms with Crippen molar-refractivity contribution in [2.24, 2.45) is 11.5 Å². The predicted octanol–water partition coefficient (Wildman–Crippen LogP) is -0.123. The summed E-state index contributed by atoms with van der Waals surface area (Å²) in [6, 6.07) is 5.23. The summed E-state index contributed by atoms with van der Waals surface area (Å²) in [6.07, 6.45) is 0. The second kappa shape index (κ2) is 3.23. The van der Waals surface area contributed by atoms with Gasteiger partial charge >= 0.3 is 0 Å². The van der Waals surface area contributed by atoms with Crippen LogP contribution in [0, 0.1) is 0 Å². The first kappa shape index (κ1) is 8.55.